The highest BCUT2D eigenvalue weighted by Gasteiger charge is 2.65. The van der Waals surface area contributed by atoms with Gasteiger partial charge in [-0.1, -0.05) is 20.3 Å². The van der Waals surface area contributed by atoms with Crippen molar-refractivity contribution in [1.29, 1.82) is 0 Å². The van der Waals surface area contributed by atoms with Crippen LogP contribution in [-0.4, -0.2) is 48.8 Å². The zero-order chi connectivity index (χ0) is 18.0. The van der Waals surface area contributed by atoms with Gasteiger partial charge in [0.15, 0.2) is 0 Å². The van der Waals surface area contributed by atoms with E-state index >= 15 is 0 Å². The van der Waals surface area contributed by atoms with Gasteiger partial charge in [-0.2, -0.15) is 8.42 Å². The van der Waals surface area contributed by atoms with Crippen LogP contribution in [0.5, 0.6) is 0 Å². The van der Waals surface area contributed by atoms with E-state index < -0.39 is 21.3 Å². The normalized spacial score (nSPS) is 34.8. The molecule has 24 heavy (non-hydrogen) atoms. The fourth-order valence-corrected chi connectivity index (χ4v) is 6.05. The number of Topliss-reactive ketones (excluding diaryl/α,β-unsaturated/α-hetero) is 1. The van der Waals surface area contributed by atoms with Crippen LogP contribution in [0.15, 0.2) is 0 Å². The van der Waals surface area contributed by atoms with E-state index in [1.54, 1.807) is 0 Å². The summed E-state index contributed by atoms with van der Waals surface area (Å²) in [6.45, 7) is 5.36. The number of fused-ring (bicyclic) bond motifs is 2. The van der Waals surface area contributed by atoms with E-state index in [-0.39, 0.29) is 17.1 Å². The van der Waals surface area contributed by atoms with E-state index in [0.717, 1.165) is 19.4 Å². The van der Waals surface area contributed by atoms with Crippen LogP contribution in [0.4, 0.5) is 0 Å². The van der Waals surface area contributed by atoms with Crippen molar-refractivity contribution >= 4 is 15.9 Å². The van der Waals surface area contributed by atoms with Gasteiger partial charge in [0.25, 0.3) is 10.1 Å². The van der Waals surface area contributed by atoms with Crippen molar-refractivity contribution in [2.75, 3.05) is 18.9 Å². The first kappa shape index (κ1) is 19.8. The van der Waals surface area contributed by atoms with Crippen LogP contribution >= 0.6 is 0 Å². The molecule has 1 aliphatic heterocycles. The molecular weight excluding hydrogens is 330 g/mol. The lowest BCUT2D eigenvalue weighted by molar-refractivity contribution is -0.128. The molecule has 3 aliphatic rings. The number of nitrogens with one attached hydrogen (secondary N) is 1. The molecule has 1 saturated heterocycles. The predicted octanol–water partition coefficient (Wildman–Crippen LogP) is 1.78. The molecule has 3 atom stereocenters. The number of ketones is 1. The summed E-state index contributed by atoms with van der Waals surface area (Å²) < 4.78 is 31.0. The largest absolute Gasteiger partial charge is 0.396 e. The molecule has 0 aromatic heterocycles. The highest BCUT2D eigenvalue weighted by Crippen LogP contribution is 2.64. The number of hydrogen-bond acceptors (Lipinski definition) is 5. The van der Waals surface area contributed by atoms with Gasteiger partial charge in [-0.05, 0) is 50.0 Å². The third-order valence-corrected chi connectivity index (χ3v) is 7.32. The van der Waals surface area contributed by atoms with Crippen LogP contribution in [0.3, 0.4) is 0 Å². The number of carbonyl (C=O) groups excluding carboxylic acids is 1. The molecule has 2 saturated carbocycles. The molecular formula is C17H31NO5S. The molecule has 140 valence electrons. The van der Waals surface area contributed by atoms with Crippen molar-refractivity contribution in [2.45, 2.75) is 64.8 Å². The molecule has 2 aliphatic carbocycles. The van der Waals surface area contributed by atoms with Crippen molar-refractivity contribution in [3.8, 4) is 0 Å². The standard InChI is InChI=1S/C10H16O4S.C7H15NO/c1-9(2)7-3-4-10(9,8(11)5-7)6-15(12,13)14;9-6-4-7-3-1-2-5-8-7/h7H,3-6H2,1-2H3,(H,12,13,14);7-9H,1-6H2/t;7-/m.0/s1. The van der Waals surface area contributed by atoms with Crippen LogP contribution in [0.1, 0.15) is 58.8 Å². The first-order chi connectivity index (χ1) is 11.1. The minimum atomic E-state index is -4.08. The maximum absolute atomic E-state index is 11.9. The van der Waals surface area contributed by atoms with E-state index in [1.807, 2.05) is 13.8 Å². The van der Waals surface area contributed by atoms with Crippen molar-refractivity contribution < 1.29 is 22.9 Å². The van der Waals surface area contributed by atoms with Gasteiger partial charge >= 0.3 is 0 Å². The Bertz CT molecular complexity index is 551. The Morgan fingerprint density at radius 1 is 1.25 bits per heavy atom. The number of rotatable bonds is 4. The molecule has 0 aromatic carbocycles. The second-order valence-electron chi connectivity index (χ2n) is 8.05. The molecule has 2 bridgehead atoms. The Kier molecular flexibility index (Phi) is 6.11. The van der Waals surface area contributed by atoms with Crippen molar-refractivity contribution in [3.63, 3.8) is 0 Å². The molecule has 2 unspecified atom stereocenters. The van der Waals surface area contributed by atoms with Gasteiger partial charge in [-0.25, -0.2) is 0 Å². The van der Waals surface area contributed by atoms with Gasteiger partial charge in [0.05, 0.1) is 11.2 Å². The van der Waals surface area contributed by atoms with Gasteiger partial charge in [-0.3, -0.25) is 9.35 Å². The number of hydrogen-bond donors (Lipinski definition) is 3. The summed E-state index contributed by atoms with van der Waals surface area (Å²) in [6.07, 6.45) is 6.79. The lowest BCUT2D eigenvalue weighted by Gasteiger charge is -2.35. The number of aliphatic hydroxyl groups is 1. The Hall–Kier alpha value is -0.500. The number of carbonyl (C=O) groups is 1. The van der Waals surface area contributed by atoms with E-state index in [4.69, 9.17) is 9.66 Å². The minimum absolute atomic E-state index is 0.0152. The molecule has 1 heterocycles. The number of piperidine rings is 1. The predicted molar refractivity (Wildman–Crippen MR) is 92.3 cm³/mol. The molecule has 7 heteroatoms. The Morgan fingerprint density at radius 3 is 2.38 bits per heavy atom. The summed E-state index contributed by atoms with van der Waals surface area (Å²) in [6, 6.07) is 0.601. The Morgan fingerprint density at radius 2 is 1.96 bits per heavy atom. The molecule has 3 fully saturated rings. The molecule has 3 rings (SSSR count). The van der Waals surface area contributed by atoms with Gasteiger partial charge in [-0.15, -0.1) is 0 Å². The van der Waals surface area contributed by atoms with Crippen LogP contribution in [0, 0.1) is 16.7 Å². The van der Waals surface area contributed by atoms with Crippen molar-refractivity contribution in [2.24, 2.45) is 16.7 Å². The van der Waals surface area contributed by atoms with E-state index in [2.05, 4.69) is 5.32 Å². The second-order valence-corrected chi connectivity index (χ2v) is 9.50. The van der Waals surface area contributed by atoms with Crippen molar-refractivity contribution in [3.05, 3.63) is 0 Å². The highest BCUT2D eigenvalue weighted by molar-refractivity contribution is 7.85. The summed E-state index contributed by atoms with van der Waals surface area (Å²) in [5.41, 5.74) is -1.12. The lowest BCUT2D eigenvalue weighted by Crippen LogP contribution is -2.42. The topological polar surface area (TPSA) is 104 Å². The van der Waals surface area contributed by atoms with Crippen LogP contribution in [-0.2, 0) is 14.9 Å². The van der Waals surface area contributed by atoms with Crippen molar-refractivity contribution in [1.82, 2.24) is 5.32 Å². The van der Waals surface area contributed by atoms with E-state index in [1.165, 1.54) is 19.3 Å². The lowest BCUT2D eigenvalue weighted by atomic mass is 9.70. The molecule has 0 radical (unpaired) electrons. The Labute approximate surface area is 145 Å². The number of aliphatic hydroxyl groups excluding tert-OH is 1. The summed E-state index contributed by atoms with van der Waals surface area (Å²) in [5, 5.41) is 11.9. The Balaban J connectivity index is 0.000000198. The third-order valence-electron chi connectivity index (χ3n) is 6.46. The fraction of sp³-hybridized carbons (Fsp3) is 0.941. The smallest absolute Gasteiger partial charge is 0.265 e. The first-order valence-corrected chi connectivity index (χ1v) is 10.6. The molecule has 0 amide bonds. The van der Waals surface area contributed by atoms with Gasteiger partial charge < -0.3 is 10.4 Å². The molecule has 0 aromatic rings. The average molecular weight is 362 g/mol. The summed E-state index contributed by atoms with van der Waals surface area (Å²) in [4.78, 5) is 11.9. The first-order valence-electron chi connectivity index (χ1n) is 8.95. The van der Waals surface area contributed by atoms with E-state index in [0.29, 0.717) is 25.5 Å². The monoisotopic (exact) mass is 361 g/mol. The SMILES string of the molecule is CC1(C)C2CCC1(CS(=O)(=O)O)C(=O)C2.OCC[C@@H]1CCCCN1. The maximum Gasteiger partial charge on any atom is 0.265 e. The quantitative estimate of drug-likeness (QED) is 0.660. The van der Waals surface area contributed by atoms with Crippen LogP contribution in [0.2, 0.25) is 0 Å². The minimum Gasteiger partial charge on any atom is -0.396 e. The molecule has 3 N–H and O–H groups in total. The van der Waals surface area contributed by atoms with Gasteiger partial charge in [0.2, 0.25) is 0 Å². The van der Waals surface area contributed by atoms with Gasteiger partial charge in [0.1, 0.15) is 5.78 Å². The van der Waals surface area contributed by atoms with Gasteiger partial charge in [0, 0.05) is 19.1 Å². The highest BCUT2D eigenvalue weighted by atomic mass is 32.2. The van der Waals surface area contributed by atoms with Crippen LogP contribution < -0.4 is 5.32 Å². The summed E-state index contributed by atoms with van der Waals surface area (Å²) >= 11 is 0. The fourth-order valence-electron chi connectivity index (χ4n) is 4.75. The zero-order valence-corrected chi connectivity index (χ0v) is 15.6. The third kappa shape index (κ3) is 4.00. The van der Waals surface area contributed by atoms with Crippen LogP contribution in [0.25, 0.3) is 0 Å². The second kappa shape index (κ2) is 7.40. The average Bonchev–Trinajstić information content (AvgIpc) is 2.82. The maximum atomic E-state index is 11.9. The molecule has 0 spiro atoms. The molecule has 6 nitrogen and oxygen atoms in total. The summed E-state index contributed by atoms with van der Waals surface area (Å²) in [5.74, 6) is -0.101. The summed E-state index contributed by atoms with van der Waals surface area (Å²) in [7, 11) is -4.08. The zero-order valence-electron chi connectivity index (χ0n) is 14.8. The van der Waals surface area contributed by atoms with E-state index in [9.17, 15) is 13.2 Å².